The van der Waals surface area contributed by atoms with Gasteiger partial charge in [-0.2, -0.15) is 13.2 Å². The fraction of sp³-hybridized carbons (Fsp3) is 0.500. The molecule has 0 aliphatic carbocycles. The number of nitrogens with one attached hydrogen (secondary N) is 1. The standard InChI is InChI=1S/C12H13ClF3N/c13-9-1-2-10(8-3-5-17-6-4-8)11(7-9)12(14,15)16/h1-2,7-8,17H,3-6H2. The van der Waals surface area contributed by atoms with Gasteiger partial charge in [-0.15, -0.1) is 0 Å². The highest BCUT2D eigenvalue weighted by molar-refractivity contribution is 6.30. The summed E-state index contributed by atoms with van der Waals surface area (Å²) in [7, 11) is 0. The van der Waals surface area contributed by atoms with Crippen LogP contribution in [-0.2, 0) is 6.18 Å². The van der Waals surface area contributed by atoms with Crippen LogP contribution in [-0.4, -0.2) is 13.1 Å². The van der Waals surface area contributed by atoms with Crippen molar-refractivity contribution < 1.29 is 13.2 Å². The third kappa shape index (κ3) is 2.93. The van der Waals surface area contributed by atoms with Gasteiger partial charge in [0.05, 0.1) is 5.56 Å². The Kier molecular flexibility index (Phi) is 3.64. The molecule has 2 rings (SSSR count). The molecule has 1 fully saturated rings. The monoisotopic (exact) mass is 263 g/mol. The maximum Gasteiger partial charge on any atom is 0.416 e. The normalized spacial score (nSPS) is 18.4. The third-order valence-corrected chi connectivity index (χ3v) is 3.33. The number of hydrogen-bond donors (Lipinski definition) is 1. The average Bonchev–Trinajstić information content (AvgIpc) is 2.29. The summed E-state index contributed by atoms with van der Waals surface area (Å²) in [6.07, 6.45) is -2.85. The van der Waals surface area contributed by atoms with Crippen LogP contribution in [0, 0.1) is 0 Å². The van der Waals surface area contributed by atoms with E-state index in [1.54, 1.807) is 0 Å². The summed E-state index contributed by atoms with van der Waals surface area (Å²) in [5.41, 5.74) is -0.208. The number of halogens is 4. The molecule has 0 amide bonds. The smallest absolute Gasteiger partial charge is 0.317 e. The Balaban J connectivity index is 2.38. The summed E-state index contributed by atoms with van der Waals surface area (Å²) in [6.45, 7) is 1.54. The van der Waals surface area contributed by atoms with Gasteiger partial charge in [-0.05, 0) is 49.5 Å². The van der Waals surface area contributed by atoms with E-state index >= 15 is 0 Å². The predicted octanol–water partition coefficient (Wildman–Crippen LogP) is 3.83. The number of hydrogen-bond acceptors (Lipinski definition) is 1. The van der Waals surface area contributed by atoms with E-state index in [9.17, 15) is 13.2 Å². The van der Waals surface area contributed by atoms with Gasteiger partial charge in [0.1, 0.15) is 0 Å². The minimum atomic E-state index is -4.33. The van der Waals surface area contributed by atoms with Crippen LogP contribution in [0.1, 0.15) is 29.9 Å². The maximum atomic E-state index is 12.9. The van der Waals surface area contributed by atoms with E-state index in [4.69, 9.17) is 11.6 Å². The van der Waals surface area contributed by atoms with E-state index in [1.807, 2.05) is 0 Å². The molecule has 5 heteroatoms. The summed E-state index contributed by atoms with van der Waals surface area (Å²) < 4.78 is 38.7. The summed E-state index contributed by atoms with van der Waals surface area (Å²) >= 11 is 5.65. The lowest BCUT2D eigenvalue weighted by atomic mass is 9.87. The largest absolute Gasteiger partial charge is 0.416 e. The van der Waals surface area contributed by atoms with Crippen LogP contribution in [0.25, 0.3) is 0 Å². The molecule has 0 saturated carbocycles. The number of benzene rings is 1. The first-order valence-corrected chi connectivity index (χ1v) is 5.93. The predicted molar refractivity (Wildman–Crippen MR) is 61.3 cm³/mol. The van der Waals surface area contributed by atoms with Crippen LogP contribution in [0.3, 0.4) is 0 Å². The van der Waals surface area contributed by atoms with Crippen molar-refractivity contribution in [3.05, 3.63) is 34.3 Å². The molecular weight excluding hydrogens is 251 g/mol. The zero-order valence-corrected chi connectivity index (χ0v) is 9.91. The van der Waals surface area contributed by atoms with E-state index in [-0.39, 0.29) is 10.9 Å². The highest BCUT2D eigenvalue weighted by atomic mass is 35.5. The Morgan fingerprint density at radius 1 is 1.18 bits per heavy atom. The second kappa shape index (κ2) is 4.86. The van der Waals surface area contributed by atoms with Gasteiger partial charge in [0, 0.05) is 5.02 Å². The van der Waals surface area contributed by atoms with Gasteiger partial charge in [0.25, 0.3) is 0 Å². The molecule has 0 aromatic heterocycles. The summed E-state index contributed by atoms with van der Waals surface area (Å²) in [6, 6.07) is 4.08. The molecule has 1 nitrogen and oxygen atoms in total. The van der Waals surface area contributed by atoms with Crippen LogP contribution in [0.5, 0.6) is 0 Å². The lowest BCUT2D eigenvalue weighted by Crippen LogP contribution is -2.27. The van der Waals surface area contributed by atoms with Gasteiger partial charge in [-0.25, -0.2) is 0 Å². The number of rotatable bonds is 1. The van der Waals surface area contributed by atoms with Crippen molar-refractivity contribution in [2.75, 3.05) is 13.1 Å². The van der Waals surface area contributed by atoms with E-state index in [0.717, 1.165) is 32.0 Å². The molecule has 17 heavy (non-hydrogen) atoms. The Hall–Kier alpha value is -0.740. The molecule has 1 saturated heterocycles. The van der Waals surface area contributed by atoms with E-state index < -0.39 is 11.7 Å². The first-order valence-electron chi connectivity index (χ1n) is 5.56. The molecular formula is C12H13ClF3N. The molecule has 1 aromatic rings. The summed E-state index contributed by atoms with van der Waals surface area (Å²) in [5.74, 6) is -0.0230. The lowest BCUT2D eigenvalue weighted by molar-refractivity contribution is -0.138. The van der Waals surface area contributed by atoms with Crippen LogP contribution in [0.2, 0.25) is 5.02 Å². The van der Waals surface area contributed by atoms with Crippen LogP contribution < -0.4 is 5.32 Å². The van der Waals surface area contributed by atoms with Gasteiger partial charge in [0.15, 0.2) is 0 Å². The fourth-order valence-electron chi connectivity index (χ4n) is 2.26. The molecule has 0 spiro atoms. The highest BCUT2D eigenvalue weighted by Gasteiger charge is 2.35. The summed E-state index contributed by atoms with van der Waals surface area (Å²) in [4.78, 5) is 0. The summed E-state index contributed by atoms with van der Waals surface area (Å²) in [5, 5.41) is 3.28. The topological polar surface area (TPSA) is 12.0 Å². The number of alkyl halides is 3. The molecule has 94 valence electrons. The fourth-order valence-corrected chi connectivity index (χ4v) is 2.44. The van der Waals surface area contributed by atoms with Gasteiger partial charge in [0.2, 0.25) is 0 Å². The Labute approximate surface area is 103 Å². The zero-order chi connectivity index (χ0) is 12.5. The van der Waals surface area contributed by atoms with Crippen molar-refractivity contribution in [2.45, 2.75) is 24.9 Å². The van der Waals surface area contributed by atoms with Crippen molar-refractivity contribution in [1.82, 2.24) is 5.32 Å². The van der Waals surface area contributed by atoms with Crippen molar-refractivity contribution in [3.8, 4) is 0 Å². The van der Waals surface area contributed by atoms with Crippen molar-refractivity contribution in [3.63, 3.8) is 0 Å². The lowest BCUT2D eigenvalue weighted by Gasteiger charge is -2.25. The molecule has 1 aliphatic heterocycles. The maximum absolute atomic E-state index is 12.9. The van der Waals surface area contributed by atoms with Crippen LogP contribution in [0.15, 0.2) is 18.2 Å². The van der Waals surface area contributed by atoms with Crippen molar-refractivity contribution in [2.24, 2.45) is 0 Å². The zero-order valence-electron chi connectivity index (χ0n) is 9.15. The van der Waals surface area contributed by atoms with Gasteiger partial charge in [-0.1, -0.05) is 17.7 Å². The average molecular weight is 264 g/mol. The van der Waals surface area contributed by atoms with E-state index in [1.165, 1.54) is 12.1 Å². The molecule has 1 heterocycles. The molecule has 0 bridgehead atoms. The second-order valence-corrected chi connectivity index (χ2v) is 4.69. The quantitative estimate of drug-likeness (QED) is 0.812. The Bertz CT molecular complexity index is 397. The minimum absolute atomic E-state index is 0.0230. The third-order valence-electron chi connectivity index (χ3n) is 3.10. The van der Waals surface area contributed by atoms with Crippen molar-refractivity contribution in [1.29, 1.82) is 0 Å². The van der Waals surface area contributed by atoms with Crippen LogP contribution in [0.4, 0.5) is 13.2 Å². The SMILES string of the molecule is FC(F)(F)c1cc(Cl)ccc1C1CCNCC1. The molecule has 0 unspecified atom stereocenters. The Morgan fingerprint density at radius 3 is 2.41 bits per heavy atom. The molecule has 0 atom stereocenters. The van der Waals surface area contributed by atoms with Crippen LogP contribution >= 0.6 is 11.6 Å². The minimum Gasteiger partial charge on any atom is -0.317 e. The Morgan fingerprint density at radius 2 is 1.82 bits per heavy atom. The first kappa shape index (κ1) is 12.7. The van der Waals surface area contributed by atoms with E-state index in [2.05, 4.69) is 5.32 Å². The molecule has 1 aromatic carbocycles. The number of piperidine rings is 1. The van der Waals surface area contributed by atoms with Gasteiger partial charge in [-0.3, -0.25) is 0 Å². The van der Waals surface area contributed by atoms with Gasteiger partial charge < -0.3 is 5.32 Å². The highest BCUT2D eigenvalue weighted by Crippen LogP contribution is 2.39. The van der Waals surface area contributed by atoms with Gasteiger partial charge >= 0.3 is 6.18 Å². The molecule has 1 aliphatic rings. The van der Waals surface area contributed by atoms with Crippen molar-refractivity contribution >= 4 is 11.6 Å². The first-order chi connectivity index (χ1) is 7.98. The second-order valence-electron chi connectivity index (χ2n) is 4.25. The van der Waals surface area contributed by atoms with E-state index in [0.29, 0.717) is 5.56 Å². The molecule has 1 N–H and O–H groups in total. The molecule has 0 radical (unpaired) electrons.